The number of carbonyl (C=O) groups is 1. The van der Waals surface area contributed by atoms with Crippen LogP contribution in [0.2, 0.25) is 0 Å². The fourth-order valence-corrected chi connectivity index (χ4v) is 3.88. The zero-order valence-corrected chi connectivity index (χ0v) is 17.6. The van der Waals surface area contributed by atoms with E-state index in [1.165, 1.54) is 19.0 Å². The first-order valence-electron chi connectivity index (χ1n) is 10.8. The fourth-order valence-electron chi connectivity index (χ4n) is 3.88. The van der Waals surface area contributed by atoms with Gasteiger partial charge in [-0.3, -0.25) is 0 Å². The van der Waals surface area contributed by atoms with Crippen LogP contribution in [0.3, 0.4) is 0 Å². The monoisotopic (exact) mass is 412 g/mol. The molecule has 0 bridgehead atoms. The van der Waals surface area contributed by atoms with E-state index in [0.29, 0.717) is 37.1 Å². The van der Waals surface area contributed by atoms with E-state index in [4.69, 9.17) is 9.47 Å². The number of halogens is 1. The highest BCUT2D eigenvalue weighted by Crippen LogP contribution is 2.31. The van der Waals surface area contributed by atoms with Gasteiger partial charge < -0.3 is 19.2 Å². The molecule has 1 aromatic carbocycles. The van der Waals surface area contributed by atoms with Crippen LogP contribution in [0.15, 0.2) is 36.5 Å². The van der Waals surface area contributed by atoms with E-state index < -0.39 is 0 Å². The normalized spacial score (nSPS) is 19.6. The number of Topliss-reactive ketones (excluding diaryl/α,β-unsaturated/α-hetero) is 1. The number of benzene rings is 1. The van der Waals surface area contributed by atoms with Crippen LogP contribution in [0, 0.1) is 11.7 Å². The molecule has 2 atom stereocenters. The average Bonchev–Trinajstić information content (AvgIpc) is 3.44. The van der Waals surface area contributed by atoms with Gasteiger partial charge in [-0.1, -0.05) is 19.1 Å². The van der Waals surface area contributed by atoms with Gasteiger partial charge in [0.1, 0.15) is 17.6 Å². The predicted octanol–water partition coefficient (Wildman–Crippen LogP) is 4.75. The quantitative estimate of drug-likeness (QED) is 0.595. The van der Waals surface area contributed by atoms with Crippen molar-refractivity contribution in [3.05, 3.63) is 47.9 Å². The molecule has 2 heterocycles. The molecule has 5 nitrogen and oxygen atoms in total. The topological polar surface area (TPSA) is 51.7 Å². The maximum absolute atomic E-state index is 14.4. The predicted molar refractivity (Wildman–Crippen MR) is 114 cm³/mol. The maximum Gasteiger partial charge on any atom is 0.215 e. The van der Waals surface area contributed by atoms with E-state index in [9.17, 15) is 9.18 Å². The van der Waals surface area contributed by atoms with Gasteiger partial charge in [-0.15, -0.1) is 0 Å². The number of hydrogen-bond donors (Lipinski definition) is 0. The molecular weight excluding hydrogens is 383 g/mol. The third-order valence-electron chi connectivity index (χ3n) is 5.81. The van der Waals surface area contributed by atoms with Crippen molar-refractivity contribution < 1.29 is 18.7 Å². The molecule has 0 amide bonds. The summed E-state index contributed by atoms with van der Waals surface area (Å²) in [5, 5.41) is 0. The zero-order chi connectivity index (χ0) is 21.1. The van der Waals surface area contributed by atoms with Crippen LogP contribution in [0.25, 0.3) is 0 Å². The molecule has 1 aromatic heterocycles. The third kappa shape index (κ3) is 5.29. The molecule has 1 unspecified atom stereocenters. The average molecular weight is 413 g/mol. The Hall–Kier alpha value is -2.63. The molecule has 1 aliphatic heterocycles. The molecule has 2 aromatic rings. The SMILES string of the molecule is CC(=O)C[C@@H](C)c1ccc(OC2CCN(c3cc(OCC4CC4)ncc3F)C2)cc1. The van der Waals surface area contributed by atoms with E-state index >= 15 is 0 Å². The van der Waals surface area contributed by atoms with Crippen molar-refractivity contribution >= 4 is 11.5 Å². The minimum Gasteiger partial charge on any atom is -0.489 e. The van der Waals surface area contributed by atoms with E-state index in [2.05, 4.69) is 11.9 Å². The summed E-state index contributed by atoms with van der Waals surface area (Å²) in [4.78, 5) is 17.4. The highest BCUT2D eigenvalue weighted by Gasteiger charge is 2.27. The number of pyridine rings is 1. The minimum atomic E-state index is -0.335. The number of nitrogens with zero attached hydrogens (tertiary/aromatic N) is 2. The molecule has 0 N–H and O–H groups in total. The van der Waals surface area contributed by atoms with Crippen LogP contribution < -0.4 is 14.4 Å². The second-order valence-corrected chi connectivity index (χ2v) is 8.58. The molecule has 160 valence electrons. The van der Waals surface area contributed by atoms with Gasteiger partial charge in [0.25, 0.3) is 0 Å². The number of carbonyl (C=O) groups excluding carboxylic acids is 1. The molecule has 1 saturated heterocycles. The van der Waals surface area contributed by atoms with Gasteiger partial charge >= 0.3 is 0 Å². The molecule has 2 aliphatic rings. The number of rotatable bonds is 9. The molecule has 1 aliphatic carbocycles. The number of aromatic nitrogens is 1. The molecular formula is C24H29FN2O3. The minimum absolute atomic E-state index is 0.00566. The highest BCUT2D eigenvalue weighted by atomic mass is 19.1. The second kappa shape index (κ2) is 9.02. The first-order chi connectivity index (χ1) is 14.5. The van der Waals surface area contributed by atoms with Crippen LogP contribution in [-0.2, 0) is 4.79 Å². The molecule has 0 radical (unpaired) electrons. The summed E-state index contributed by atoms with van der Waals surface area (Å²) < 4.78 is 26.2. The number of ketones is 1. The first kappa shape index (κ1) is 20.6. The van der Waals surface area contributed by atoms with Crippen LogP contribution in [-0.4, -0.2) is 36.6 Å². The van der Waals surface area contributed by atoms with Crippen molar-refractivity contribution in [1.29, 1.82) is 0 Å². The van der Waals surface area contributed by atoms with Crippen molar-refractivity contribution in [1.82, 2.24) is 4.98 Å². The summed E-state index contributed by atoms with van der Waals surface area (Å²) in [6.07, 6.45) is 5.01. The zero-order valence-electron chi connectivity index (χ0n) is 17.6. The van der Waals surface area contributed by atoms with Gasteiger partial charge in [-0.2, -0.15) is 0 Å². The van der Waals surface area contributed by atoms with E-state index in [0.717, 1.165) is 24.3 Å². The van der Waals surface area contributed by atoms with E-state index in [1.54, 1.807) is 13.0 Å². The van der Waals surface area contributed by atoms with Gasteiger partial charge in [0, 0.05) is 25.5 Å². The maximum atomic E-state index is 14.4. The van der Waals surface area contributed by atoms with Gasteiger partial charge in [0.15, 0.2) is 5.82 Å². The molecule has 30 heavy (non-hydrogen) atoms. The summed E-state index contributed by atoms with van der Waals surface area (Å²) >= 11 is 0. The summed E-state index contributed by atoms with van der Waals surface area (Å²) in [6, 6.07) is 9.63. The Balaban J connectivity index is 1.34. The van der Waals surface area contributed by atoms with Crippen LogP contribution >= 0.6 is 0 Å². The van der Waals surface area contributed by atoms with Crippen LogP contribution in [0.4, 0.5) is 10.1 Å². The van der Waals surface area contributed by atoms with Crippen molar-refractivity contribution in [3.63, 3.8) is 0 Å². The van der Waals surface area contributed by atoms with E-state index in [-0.39, 0.29) is 23.6 Å². The summed E-state index contributed by atoms with van der Waals surface area (Å²) in [7, 11) is 0. The lowest BCUT2D eigenvalue weighted by Gasteiger charge is -2.20. The fraction of sp³-hybridized carbons (Fsp3) is 0.500. The lowest BCUT2D eigenvalue weighted by atomic mass is 9.96. The van der Waals surface area contributed by atoms with Crippen LogP contribution in [0.1, 0.15) is 51.0 Å². The molecule has 0 spiro atoms. The number of anilines is 1. The van der Waals surface area contributed by atoms with Crippen LogP contribution in [0.5, 0.6) is 11.6 Å². The first-order valence-corrected chi connectivity index (χ1v) is 10.8. The van der Waals surface area contributed by atoms with Gasteiger partial charge in [-0.25, -0.2) is 9.37 Å². The molecule has 6 heteroatoms. The second-order valence-electron chi connectivity index (χ2n) is 8.58. The largest absolute Gasteiger partial charge is 0.489 e. The lowest BCUT2D eigenvalue weighted by molar-refractivity contribution is -0.117. The Labute approximate surface area is 177 Å². The number of ether oxygens (including phenoxy) is 2. The standard InChI is InChI=1S/C24H29FN2O3/c1-16(11-17(2)28)19-5-7-20(8-6-19)30-21-9-10-27(14-21)23-12-24(26-13-22(23)25)29-15-18-3-4-18/h5-8,12-13,16,18,21H,3-4,9-11,14-15H2,1-2H3/t16-,21?/m1/s1. The highest BCUT2D eigenvalue weighted by molar-refractivity contribution is 5.76. The van der Waals surface area contributed by atoms with Gasteiger partial charge in [0.2, 0.25) is 5.88 Å². The van der Waals surface area contributed by atoms with Crippen molar-refractivity contribution in [2.75, 3.05) is 24.6 Å². The molecule has 2 fully saturated rings. The molecule has 4 rings (SSSR count). The van der Waals surface area contributed by atoms with Crippen molar-refractivity contribution in [2.45, 2.75) is 51.6 Å². The Kier molecular flexibility index (Phi) is 6.21. The van der Waals surface area contributed by atoms with Crippen molar-refractivity contribution in [2.24, 2.45) is 5.92 Å². The Bertz CT molecular complexity index is 883. The van der Waals surface area contributed by atoms with Gasteiger partial charge in [0.05, 0.1) is 25.0 Å². The Morgan fingerprint density at radius 1 is 1.27 bits per heavy atom. The summed E-state index contributed by atoms with van der Waals surface area (Å²) in [5.41, 5.74) is 1.65. The Morgan fingerprint density at radius 3 is 2.73 bits per heavy atom. The number of hydrogen-bond acceptors (Lipinski definition) is 5. The van der Waals surface area contributed by atoms with Crippen molar-refractivity contribution in [3.8, 4) is 11.6 Å². The van der Waals surface area contributed by atoms with Gasteiger partial charge in [-0.05, 0) is 49.3 Å². The lowest BCUT2D eigenvalue weighted by Crippen LogP contribution is -2.25. The molecule has 1 saturated carbocycles. The Morgan fingerprint density at radius 2 is 2.03 bits per heavy atom. The summed E-state index contributed by atoms with van der Waals surface area (Å²) in [6.45, 7) is 5.67. The summed E-state index contributed by atoms with van der Waals surface area (Å²) in [5.74, 6) is 1.96. The third-order valence-corrected chi connectivity index (χ3v) is 5.81. The smallest absolute Gasteiger partial charge is 0.215 e. The van der Waals surface area contributed by atoms with E-state index in [1.807, 2.05) is 29.2 Å².